The lowest BCUT2D eigenvalue weighted by atomic mass is 10.1. The molecule has 2 N–H and O–H groups in total. The third-order valence-corrected chi connectivity index (χ3v) is 2.65. The first-order valence-corrected chi connectivity index (χ1v) is 5.26. The molecule has 15 heavy (non-hydrogen) atoms. The number of nitrogens with one attached hydrogen (secondary N) is 2. The van der Waals surface area contributed by atoms with Crippen molar-refractivity contribution in [3.8, 4) is 0 Å². The molecule has 0 aliphatic heterocycles. The van der Waals surface area contributed by atoms with Gasteiger partial charge in [0.05, 0.1) is 6.20 Å². The van der Waals surface area contributed by atoms with Gasteiger partial charge in [-0.25, -0.2) is 0 Å². The van der Waals surface area contributed by atoms with Gasteiger partial charge in [-0.15, -0.1) is 0 Å². The molecule has 2 rings (SSSR count). The van der Waals surface area contributed by atoms with Crippen molar-refractivity contribution in [2.75, 3.05) is 6.54 Å². The molecule has 0 fully saturated rings. The Morgan fingerprint density at radius 3 is 3.00 bits per heavy atom. The number of hydrogen-bond donors (Lipinski definition) is 2. The summed E-state index contributed by atoms with van der Waals surface area (Å²) in [5.74, 6) is 0.331. The largest absolute Gasteiger partial charge is 0.356 e. The Balaban J connectivity index is 1.67. The fourth-order valence-corrected chi connectivity index (χ4v) is 1.72. The molecule has 1 aromatic rings. The maximum atomic E-state index is 11.6. The van der Waals surface area contributed by atoms with Gasteiger partial charge >= 0.3 is 0 Å². The molecule has 4 nitrogen and oxygen atoms in total. The molecule has 1 amide bonds. The lowest BCUT2D eigenvalue weighted by Crippen LogP contribution is -2.31. The maximum Gasteiger partial charge on any atom is 0.223 e. The number of rotatable bonds is 4. The van der Waals surface area contributed by atoms with E-state index >= 15 is 0 Å². The normalized spacial score (nSPS) is 15.7. The Morgan fingerprint density at radius 2 is 2.33 bits per heavy atom. The van der Waals surface area contributed by atoms with Gasteiger partial charge in [0, 0.05) is 18.7 Å². The molecule has 0 bridgehead atoms. The summed E-state index contributed by atoms with van der Waals surface area (Å²) in [7, 11) is 0. The van der Waals surface area contributed by atoms with E-state index in [0.29, 0.717) is 6.54 Å². The molecule has 0 unspecified atom stereocenters. The predicted molar refractivity (Wildman–Crippen MR) is 57.2 cm³/mol. The van der Waals surface area contributed by atoms with Crippen molar-refractivity contribution in [3.63, 3.8) is 0 Å². The number of carbonyl (C=O) groups is 1. The van der Waals surface area contributed by atoms with Gasteiger partial charge in [0.15, 0.2) is 0 Å². The molecule has 4 heteroatoms. The fraction of sp³-hybridized carbons (Fsp3) is 0.455. The van der Waals surface area contributed by atoms with Crippen molar-refractivity contribution in [3.05, 3.63) is 30.1 Å². The van der Waals surface area contributed by atoms with E-state index in [0.717, 1.165) is 24.8 Å². The Morgan fingerprint density at radius 1 is 1.53 bits per heavy atom. The molecule has 0 aromatic carbocycles. The lowest BCUT2D eigenvalue weighted by Gasteiger charge is -2.09. The minimum absolute atomic E-state index is 0.161. The smallest absolute Gasteiger partial charge is 0.223 e. The van der Waals surface area contributed by atoms with Crippen LogP contribution in [0.25, 0.3) is 0 Å². The highest BCUT2D eigenvalue weighted by Gasteiger charge is 2.18. The van der Waals surface area contributed by atoms with Crippen molar-refractivity contribution in [2.45, 2.75) is 19.3 Å². The molecule has 1 heterocycles. The summed E-state index contributed by atoms with van der Waals surface area (Å²) in [6.45, 7) is 0.689. The molecule has 80 valence electrons. The lowest BCUT2D eigenvalue weighted by molar-refractivity contribution is -0.124. The van der Waals surface area contributed by atoms with Crippen LogP contribution in [0.5, 0.6) is 0 Å². The number of nitrogens with zero attached hydrogens (tertiary/aromatic N) is 1. The summed E-state index contributed by atoms with van der Waals surface area (Å²) in [5.41, 5.74) is 1.12. The first-order chi connectivity index (χ1) is 7.36. The second kappa shape index (κ2) is 4.77. The Kier molecular flexibility index (Phi) is 3.17. The highest BCUT2D eigenvalue weighted by molar-refractivity contribution is 5.79. The molecule has 1 aliphatic rings. The summed E-state index contributed by atoms with van der Waals surface area (Å²) in [6, 6.07) is 0. The van der Waals surface area contributed by atoms with Crippen molar-refractivity contribution < 1.29 is 4.79 Å². The Hall–Kier alpha value is -1.58. The van der Waals surface area contributed by atoms with Crippen LogP contribution in [-0.2, 0) is 11.2 Å². The number of H-pyrrole nitrogens is 1. The minimum atomic E-state index is 0.161. The van der Waals surface area contributed by atoms with Crippen LogP contribution in [0.1, 0.15) is 18.4 Å². The first-order valence-electron chi connectivity index (χ1n) is 5.26. The fourth-order valence-electron chi connectivity index (χ4n) is 1.72. The second-order valence-electron chi connectivity index (χ2n) is 3.79. The van der Waals surface area contributed by atoms with E-state index in [1.54, 1.807) is 6.20 Å². The summed E-state index contributed by atoms with van der Waals surface area (Å²) in [6.07, 6.45) is 10.4. The topological polar surface area (TPSA) is 57.8 Å². The van der Waals surface area contributed by atoms with E-state index < -0.39 is 0 Å². The van der Waals surface area contributed by atoms with Gasteiger partial charge < -0.3 is 5.32 Å². The highest BCUT2D eigenvalue weighted by atomic mass is 16.1. The van der Waals surface area contributed by atoms with Crippen molar-refractivity contribution in [1.29, 1.82) is 0 Å². The van der Waals surface area contributed by atoms with Crippen LogP contribution in [0.4, 0.5) is 0 Å². The highest BCUT2D eigenvalue weighted by Crippen LogP contribution is 2.17. The molecule has 1 aliphatic carbocycles. The van der Waals surface area contributed by atoms with Crippen LogP contribution >= 0.6 is 0 Å². The van der Waals surface area contributed by atoms with Gasteiger partial charge in [-0.3, -0.25) is 9.89 Å². The number of allylic oxidation sites excluding steroid dienone is 2. The quantitative estimate of drug-likeness (QED) is 0.721. The third-order valence-electron chi connectivity index (χ3n) is 2.65. The number of carbonyl (C=O) groups excluding carboxylic acids is 1. The molecule has 0 saturated heterocycles. The predicted octanol–water partition coefficient (Wildman–Crippen LogP) is 1.03. The van der Waals surface area contributed by atoms with Crippen molar-refractivity contribution in [2.24, 2.45) is 5.92 Å². The van der Waals surface area contributed by atoms with Gasteiger partial charge in [-0.2, -0.15) is 5.10 Å². The Bertz CT molecular complexity index is 335. The van der Waals surface area contributed by atoms with E-state index in [1.807, 2.05) is 6.20 Å². The molecular weight excluding hydrogens is 190 g/mol. The molecule has 0 saturated carbocycles. The summed E-state index contributed by atoms with van der Waals surface area (Å²) < 4.78 is 0. The van der Waals surface area contributed by atoms with E-state index in [2.05, 4.69) is 27.7 Å². The molecule has 0 spiro atoms. The van der Waals surface area contributed by atoms with Crippen molar-refractivity contribution in [1.82, 2.24) is 15.5 Å². The van der Waals surface area contributed by atoms with Crippen LogP contribution < -0.4 is 5.32 Å². The van der Waals surface area contributed by atoms with E-state index in [4.69, 9.17) is 0 Å². The van der Waals surface area contributed by atoms with Crippen molar-refractivity contribution >= 4 is 5.91 Å². The monoisotopic (exact) mass is 205 g/mol. The Labute approximate surface area is 88.8 Å². The van der Waals surface area contributed by atoms with Gasteiger partial charge in [-0.1, -0.05) is 12.2 Å². The average molecular weight is 205 g/mol. The van der Waals surface area contributed by atoms with Crippen LogP contribution in [0.15, 0.2) is 24.5 Å². The van der Waals surface area contributed by atoms with Gasteiger partial charge in [-0.05, 0) is 24.8 Å². The summed E-state index contributed by atoms with van der Waals surface area (Å²) in [5, 5.41) is 9.54. The van der Waals surface area contributed by atoms with Gasteiger partial charge in [0.2, 0.25) is 5.91 Å². The summed E-state index contributed by atoms with van der Waals surface area (Å²) >= 11 is 0. The standard InChI is InChI=1S/C11H15N3O/c15-11(10-3-1-2-4-10)12-6-5-9-7-13-14-8-9/h1-2,7-8,10H,3-6H2,(H,12,15)(H,13,14). The van der Waals surface area contributed by atoms with E-state index in [-0.39, 0.29) is 11.8 Å². The number of amides is 1. The SMILES string of the molecule is O=C(NCCc1cn[nH]c1)C1CC=CC1. The molecule has 0 atom stereocenters. The molecular formula is C11H15N3O. The number of aromatic amines is 1. The first kappa shape index (κ1) is 9.96. The zero-order valence-electron chi connectivity index (χ0n) is 8.57. The van der Waals surface area contributed by atoms with Gasteiger partial charge in [0.1, 0.15) is 0 Å². The minimum Gasteiger partial charge on any atom is -0.356 e. The number of hydrogen-bond acceptors (Lipinski definition) is 2. The average Bonchev–Trinajstić information content (AvgIpc) is 2.90. The summed E-state index contributed by atoms with van der Waals surface area (Å²) in [4.78, 5) is 11.6. The van der Waals surface area contributed by atoms with Crippen LogP contribution in [-0.4, -0.2) is 22.6 Å². The third kappa shape index (κ3) is 2.68. The second-order valence-corrected chi connectivity index (χ2v) is 3.79. The van der Waals surface area contributed by atoms with Crippen LogP contribution in [0.2, 0.25) is 0 Å². The van der Waals surface area contributed by atoms with Crippen LogP contribution in [0.3, 0.4) is 0 Å². The zero-order valence-corrected chi connectivity index (χ0v) is 8.57. The van der Waals surface area contributed by atoms with E-state index in [9.17, 15) is 4.79 Å². The number of aromatic nitrogens is 2. The van der Waals surface area contributed by atoms with Crippen LogP contribution in [0, 0.1) is 5.92 Å². The molecule has 1 aromatic heterocycles. The zero-order chi connectivity index (χ0) is 10.5. The maximum absolute atomic E-state index is 11.6. The van der Waals surface area contributed by atoms with E-state index in [1.165, 1.54) is 0 Å². The molecule has 0 radical (unpaired) electrons. The van der Waals surface area contributed by atoms with Gasteiger partial charge in [0.25, 0.3) is 0 Å².